The molecule has 0 aromatic heterocycles. The minimum atomic E-state index is -0.0139. The maximum absolute atomic E-state index is 5.98. The summed E-state index contributed by atoms with van der Waals surface area (Å²) in [6, 6.07) is 4.06. The number of hydrogen-bond acceptors (Lipinski definition) is 1. The zero-order valence-corrected chi connectivity index (χ0v) is 16.0. The van der Waals surface area contributed by atoms with Crippen molar-refractivity contribution < 1.29 is 4.74 Å². The van der Waals surface area contributed by atoms with Crippen molar-refractivity contribution in [1.82, 2.24) is 0 Å². The molecule has 1 unspecified atom stereocenters. The van der Waals surface area contributed by atoms with Gasteiger partial charge in [-0.3, -0.25) is 0 Å². The Hall–Kier alpha value is -2.20. The van der Waals surface area contributed by atoms with E-state index in [1.807, 2.05) is 39.0 Å². The predicted octanol–water partition coefficient (Wildman–Crippen LogP) is 4.53. The third-order valence-corrected chi connectivity index (χ3v) is 3.85. The van der Waals surface area contributed by atoms with E-state index in [2.05, 4.69) is 51.8 Å². The normalized spacial score (nSPS) is 13.5. The first kappa shape index (κ1) is 19.8. The Balaban J connectivity index is 3.25. The summed E-state index contributed by atoms with van der Waals surface area (Å²) in [7, 11) is 0. The lowest BCUT2D eigenvalue weighted by molar-refractivity contribution is 0.257. The number of benzene rings is 1. The molecule has 0 radical (unpaired) electrons. The van der Waals surface area contributed by atoms with Crippen LogP contribution >= 0.6 is 0 Å². The fraction of sp³-hybridized carbons (Fsp3) is 0.391. The quantitative estimate of drug-likeness (QED) is 0.572. The van der Waals surface area contributed by atoms with Gasteiger partial charge >= 0.3 is 0 Å². The first-order chi connectivity index (χ1) is 11.2. The van der Waals surface area contributed by atoms with Gasteiger partial charge in [0.1, 0.15) is 11.9 Å². The van der Waals surface area contributed by atoms with E-state index in [-0.39, 0.29) is 6.10 Å². The van der Waals surface area contributed by atoms with Gasteiger partial charge in [-0.05, 0) is 73.4 Å². The highest BCUT2D eigenvalue weighted by atomic mass is 16.5. The van der Waals surface area contributed by atoms with Crippen LogP contribution in [0.5, 0.6) is 5.75 Å². The summed E-state index contributed by atoms with van der Waals surface area (Å²) in [4.78, 5) is 0. The Bertz CT molecular complexity index is 782. The molecule has 0 aliphatic heterocycles. The Morgan fingerprint density at radius 2 is 1.96 bits per heavy atom. The Morgan fingerprint density at radius 1 is 1.29 bits per heavy atom. The molecule has 0 saturated heterocycles. The summed E-state index contributed by atoms with van der Waals surface area (Å²) in [6.07, 6.45) is 5.01. The number of rotatable bonds is 5. The van der Waals surface area contributed by atoms with E-state index < -0.39 is 0 Å². The molecular weight excluding hydrogens is 292 g/mol. The molecule has 24 heavy (non-hydrogen) atoms. The maximum atomic E-state index is 5.98. The molecule has 0 bridgehead atoms. The van der Waals surface area contributed by atoms with E-state index in [1.165, 1.54) is 0 Å². The number of hydrogen-bond donors (Lipinski definition) is 0. The molecule has 0 saturated carbocycles. The lowest BCUT2D eigenvalue weighted by Gasteiger charge is -2.15. The number of allylic oxidation sites excluding steroid dienone is 2. The van der Waals surface area contributed by atoms with Crippen LogP contribution in [0.3, 0.4) is 0 Å². The first-order valence-corrected chi connectivity index (χ1v) is 8.53. The molecule has 0 heterocycles. The highest BCUT2D eigenvalue weighted by Crippen LogP contribution is 2.13. The second kappa shape index (κ2) is 9.18. The minimum absolute atomic E-state index is 0.0139. The van der Waals surface area contributed by atoms with Gasteiger partial charge in [-0.2, -0.15) is 0 Å². The van der Waals surface area contributed by atoms with Gasteiger partial charge < -0.3 is 4.74 Å². The van der Waals surface area contributed by atoms with Gasteiger partial charge in [0, 0.05) is 12.0 Å². The lowest BCUT2D eigenvalue weighted by atomic mass is 10.1. The van der Waals surface area contributed by atoms with Crippen LogP contribution in [0.1, 0.15) is 46.6 Å². The van der Waals surface area contributed by atoms with Crippen molar-refractivity contribution in [1.29, 1.82) is 0 Å². The van der Waals surface area contributed by atoms with E-state index in [0.29, 0.717) is 5.92 Å². The second-order valence-corrected chi connectivity index (χ2v) is 6.70. The molecule has 0 amide bonds. The SMILES string of the molecule is C=C(C)C(C)Oc1cc(C)c(=C)/c(=C\C(C#CCC(C)C)=C/C)c1. The summed E-state index contributed by atoms with van der Waals surface area (Å²) in [5.41, 5.74) is 3.12. The van der Waals surface area contributed by atoms with Crippen LogP contribution < -0.4 is 15.2 Å². The van der Waals surface area contributed by atoms with Crippen molar-refractivity contribution in [3.05, 3.63) is 51.9 Å². The van der Waals surface area contributed by atoms with E-state index >= 15 is 0 Å². The van der Waals surface area contributed by atoms with E-state index in [0.717, 1.165) is 39.3 Å². The molecule has 0 aliphatic rings. The van der Waals surface area contributed by atoms with Crippen LogP contribution in [0, 0.1) is 24.7 Å². The monoisotopic (exact) mass is 322 g/mol. The zero-order chi connectivity index (χ0) is 18.3. The summed E-state index contributed by atoms with van der Waals surface area (Å²) >= 11 is 0. The zero-order valence-electron chi connectivity index (χ0n) is 16.0. The van der Waals surface area contributed by atoms with Gasteiger partial charge in [-0.15, -0.1) is 0 Å². The van der Waals surface area contributed by atoms with Gasteiger partial charge in [-0.1, -0.05) is 44.9 Å². The Morgan fingerprint density at radius 3 is 2.50 bits per heavy atom. The molecule has 1 nitrogen and oxygen atoms in total. The molecule has 128 valence electrons. The highest BCUT2D eigenvalue weighted by molar-refractivity contribution is 5.58. The fourth-order valence-electron chi connectivity index (χ4n) is 2.03. The number of aryl methyl sites for hydroxylation is 1. The van der Waals surface area contributed by atoms with Crippen LogP contribution in [0.4, 0.5) is 0 Å². The molecule has 1 rings (SSSR count). The Kier molecular flexibility index (Phi) is 7.59. The highest BCUT2D eigenvalue weighted by Gasteiger charge is 2.05. The summed E-state index contributed by atoms with van der Waals surface area (Å²) in [6.45, 7) is 20.5. The third-order valence-electron chi connectivity index (χ3n) is 3.85. The van der Waals surface area contributed by atoms with Crippen molar-refractivity contribution in [2.75, 3.05) is 0 Å². The number of ether oxygens (including phenoxy) is 1. The minimum Gasteiger partial charge on any atom is -0.486 e. The van der Waals surface area contributed by atoms with Crippen LogP contribution in [-0.2, 0) is 0 Å². The van der Waals surface area contributed by atoms with Crippen LogP contribution in [-0.4, -0.2) is 6.10 Å². The Labute approximate surface area is 147 Å². The smallest absolute Gasteiger partial charge is 0.121 e. The molecule has 1 atom stereocenters. The van der Waals surface area contributed by atoms with Gasteiger partial charge in [0.2, 0.25) is 0 Å². The second-order valence-electron chi connectivity index (χ2n) is 6.70. The topological polar surface area (TPSA) is 9.23 Å². The standard InChI is InChI=1S/C23H30O/c1-9-21(12-10-11-16(2)3)14-22-15-23(13-18(6)19(22)7)24-20(8)17(4)5/h9,13-16,20H,4,7,11H2,1-3,5-6,8H3/b21-9-,22-14-. The van der Waals surface area contributed by atoms with E-state index in [4.69, 9.17) is 4.74 Å². The van der Waals surface area contributed by atoms with Crippen LogP contribution in [0.2, 0.25) is 0 Å². The molecule has 1 aromatic carbocycles. The van der Waals surface area contributed by atoms with Crippen molar-refractivity contribution in [2.24, 2.45) is 5.92 Å². The summed E-state index contributed by atoms with van der Waals surface area (Å²) < 4.78 is 5.98. The average molecular weight is 322 g/mol. The third kappa shape index (κ3) is 6.13. The largest absolute Gasteiger partial charge is 0.486 e. The summed E-state index contributed by atoms with van der Waals surface area (Å²) in [5.74, 6) is 7.91. The molecule has 0 N–H and O–H groups in total. The molecule has 0 aliphatic carbocycles. The summed E-state index contributed by atoms with van der Waals surface area (Å²) in [5, 5.41) is 2.06. The van der Waals surface area contributed by atoms with Gasteiger partial charge in [0.25, 0.3) is 0 Å². The molecular formula is C23H30O. The molecule has 0 spiro atoms. The molecule has 1 heteroatoms. The maximum Gasteiger partial charge on any atom is 0.121 e. The van der Waals surface area contributed by atoms with Gasteiger partial charge in [-0.25, -0.2) is 0 Å². The average Bonchev–Trinajstić information content (AvgIpc) is 2.50. The molecule has 1 aromatic rings. The molecule has 0 fully saturated rings. The van der Waals surface area contributed by atoms with Crippen LogP contribution in [0.15, 0.2) is 35.9 Å². The van der Waals surface area contributed by atoms with Gasteiger partial charge in [0.15, 0.2) is 0 Å². The van der Waals surface area contributed by atoms with E-state index in [1.54, 1.807) is 0 Å². The predicted molar refractivity (Wildman–Crippen MR) is 106 cm³/mol. The van der Waals surface area contributed by atoms with Crippen molar-refractivity contribution in [3.8, 4) is 17.6 Å². The van der Waals surface area contributed by atoms with Crippen molar-refractivity contribution in [2.45, 2.75) is 54.1 Å². The lowest BCUT2D eigenvalue weighted by Crippen LogP contribution is -2.27. The van der Waals surface area contributed by atoms with Crippen LogP contribution in [0.25, 0.3) is 12.7 Å². The fourth-order valence-corrected chi connectivity index (χ4v) is 2.03. The van der Waals surface area contributed by atoms with Crippen molar-refractivity contribution >= 4 is 12.7 Å². The van der Waals surface area contributed by atoms with Crippen molar-refractivity contribution in [3.63, 3.8) is 0 Å². The van der Waals surface area contributed by atoms with Gasteiger partial charge in [0.05, 0.1) is 0 Å². The first-order valence-electron chi connectivity index (χ1n) is 8.53. The van der Waals surface area contributed by atoms with E-state index in [9.17, 15) is 0 Å².